The van der Waals surface area contributed by atoms with Gasteiger partial charge in [0.25, 0.3) is 0 Å². The fourth-order valence-electron chi connectivity index (χ4n) is 4.26. The smallest absolute Gasteiger partial charge is 0.417 e. The second-order valence-electron chi connectivity index (χ2n) is 8.91. The summed E-state index contributed by atoms with van der Waals surface area (Å²) in [4.78, 5) is 27.6. The Morgan fingerprint density at radius 3 is 2.36 bits per heavy atom. The van der Waals surface area contributed by atoms with Crippen LogP contribution in [-0.4, -0.2) is 44.2 Å². The van der Waals surface area contributed by atoms with Crippen molar-refractivity contribution in [2.75, 3.05) is 7.11 Å². The Balaban J connectivity index is 1.46. The largest absolute Gasteiger partial charge is 0.467 e. The maximum absolute atomic E-state index is 14.3. The van der Waals surface area contributed by atoms with Crippen molar-refractivity contribution in [3.05, 3.63) is 88.5 Å². The summed E-state index contributed by atoms with van der Waals surface area (Å²) >= 11 is 0. The molecule has 5 rings (SSSR count). The van der Waals surface area contributed by atoms with E-state index in [9.17, 15) is 39.9 Å². The first-order valence-corrected chi connectivity index (χ1v) is 11.8. The zero-order valence-electron chi connectivity index (χ0n) is 21.1. The molecule has 1 aliphatic heterocycles. The van der Waals surface area contributed by atoms with E-state index < -0.39 is 58.5 Å². The van der Waals surface area contributed by atoms with Gasteiger partial charge in [-0.05, 0) is 30.3 Å². The maximum Gasteiger partial charge on any atom is 0.417 e. The highest BCUT2D eigenvalue weighted by Crippen LogP contribution is 2.40. The summed E-state index contributed by atoms with van der Waals surface area (Å²) in [5, 5.41) is 5.39. The lowest BCUT2D eigenvalue weighted by atomic mass is 10.0. The number of alkyl halides is 6. The van der Waals surface area contributed by atoms with E-state index in [1.165, 1.54) is 23.4 Å². The second kappa shape index (κ2) is 10.5. The fraction of sp³-hybridized carbons (Fsp3) is 0.192. The Morgan fingerprint density at radius 1 is 1.00 bits per heavy atom. The van der Waals surface area contributed by atoms with Gasteiger partial charge in [0.2, 0.25) is 0 Å². The van der Waals surface area contributed by atoms with Crippen molar-refractivity contribution in [1.29, 1.82) is 0 Å². The predicted octanol–water partition coefficient (Wildman–Crippen LogP) is 5.91. The van der Waals surface area contributed by atoms with E-state index in [0.29, 0.717) is 17.8 Å². The molecule has 0 bridgehead atoms. The minimum Gasteiger partial charge on any atom is -0.467 e. The summed E-state index contributed by atoms with van der Waals surface area (Å²) in [5.41, 5.74) is -3.25. The number of H-pyrrole nitrogens is 1. The zero-order valence-corrected chi connectivity index (χ0v) is 21.1. The van der Waals surface area contributed by atoms with Crippen LogP contribution in [0.5, 0.6) is 0 Å². The van der Waals surface area contributed by atoms with Crippen molar-refractivity contribution in [1.82, 2.24) is 24.9 Å². The quantitative estimate of drug-likeness (QED) is 0.227. The van der Waals surface area contributed by atoms with Gasteiger partial charge in [-0.25, -0.2) is 28.5 Å². The molecule has 1 N–H and O–H groups in total. The number of hydrogen-bond donors (Lipinski definition) is 1. The molecule has 3 heterocycles. The van der Waals surface area contributed by atoms with Crippen molar-refractivity contribution >= 4 is 12.2 Å². The number of rotatable bonds is 5. The topological polar surface area (TPSA) is 96.4 Å². The van der Waals surface area contributed by atoms with Crippen LogP contribution < -0.4 is 0 Å². The number of carbonyl (C=O) groups is 1. The minimum atomic E-state index is -5.15. The molecule has 0 aliphatic carbocycles. The molecule has 2 aromatic carbocycles. The zero-order chi connectivity index (χ0) is 30.4. The molecular formula is C26H16F8N6O2. The minimum absolute atomic E-state index is 0.00427. The molecule has 0 saturated carbocycles. The van der Waals surface area contributed by atoms with E-state index in [2.05, 4.69) is 25.0 Å². The van der Waals surface area contributed by atoms with E-state index in [-0.39, 0.29) is 35.3 Å². The molecular weight excluding hydrogens is 580 g/mol. The van der Waals surface area contributed by atoms with Crippen LogP contribution in [0, 0.1) is 11.6 Å². The number of nitrogens with zero attached hydrogens (tertiary/aromatic N) is 5. The van der Waals surface area contributed by atoms with E-state index in [1.54, 1.807) is 0 Å². The number of fused-ring (bicyclic) bond motifs is 1. The van der Waals surface area contributed by atoms with Gasteiger partial charge >= 0.3 is 18.3 Å². The SMILES string of the molecule is COC(=O)C(c1cnc(-c2ccc(C(F)(F)F)cc2C(F)(F)F)nc1)N1Cc2[nH]c(-c3cccc(F)c3F)nc2C=N1. The summed E-state index contributed by atoms with van der Waals surface area (Å²) in [7, 11) is 1.09. The molecule has 2 aromatic heterocycles. The standard InChI is InChI=1S/C26H16F8N6O2/c1-42-24(41)21(40-11-19-18(10-37-40)38-23(39-19)15-3-2-4-17(27)20(15)28)12-8-35-22(36-9-12)14-6-5-13(25(29,30)31)7-16(14)26(32,33)34/h2-10,21H,11H2,1H3,(H,38,39). The Bertz CT molecular complexity index is 1680. The summed E-state index contributed by atoms with van der Waals surface area (Å²) in [6.07, 6.45) is -6.86. The number of benzene rings is 2. The summed E-state index contributed by atoms with van der Waals surface area (Å²) in [6, 6.07) is 3.31. The Kier molecular flexibility index (Phi) is 7.16. The highest BCUT2D eigenvalue weighted by atomic mass is 19.4. The Labute approximate surface area is 230 Å². The third-order valence-corrected chi connectivity index (χ3v) is 6.27. The molecule has 42 heavy (non-hydrogen) atoms. The van der Waals surface area contributed by atoms with Crippen LogP contribution in [0.25, 0.3) is 22.8 Å². The van der Waals surface area contributed by atoms with Gasteiger partial charge in [-0.2, -0.15) is 31.4 Å². The van der Waals surface area contributed by atoms with Crippen molar-refractivity contribution in [2.45, 2.75) is 24.9 Å². The van der Waals surface area contributed by atoms with Crippen LogP contribution in [0.3, 0.4) is 0 Å². The molecule has 1 atom stereocenters. The number of imidazole rings is 1. The number of methoxy groups -OCH3 is 1. The molecule has 8 nitrogen and oxygen atoms in total. The number of aromatic nitrogens is 4. The first kappa shape index (κ1) is 28.6. The van der Waals surface area contributed by atoms with E-state index in [0.717, 1.165) is 25.6 Å². The van der Waals surface area contributed by atoms with Crippen molar-refractivity contribution < 1.29 is 44.7 Å². The number of halogens is 8. The average molecular weight is 596 g/mol. The third kappa shape index (κ3) is 5.38. The van der Waals surface area contributed by atoms with Gasteiger partial charge in [-0.3, -0.25) is 5.01 Å². The lowest BCUT2D eigenvalue weighted by Crippen LogP contribution is -2.33. The molecule has 0 fully saturated rings. The van der Waals surface area contributed by atoms with Crippen molar-refractivity contribution in [3.63, 3.8) is 0 Å². The van der Waals surface area contributed by atoms with Crippen LogP contribution in [-0.2, 0) is 28.4 Å². The Hall–Kier alpha value is -4.89. The molecule has 218 valence electrons. The van der Waals surface area contributed by atoms with Gasteiger partial charge in [0, 0.05) is 23.5 Å². The number of nitrogens with one attached hydrogen (secondary N) is 1. The maximum atomic E-state index is 14.3. The average Bonchev–Trinajstić information content (AvgIpc) is 3.37. The molecule has 0 amide bonds. The van der Waals surface area contributed by atoms with Crippen LogP contribution in [0.15, 0.2) is 53.9 Å². The van der Waals surface area contributed by atoms with Crippen LogP contribution in [0.2, 0.25) is 0 Å². The molecule has 0 saturated heterocycles. The highest BCUT2D eigenvalue weighted by molar-refractivity contribution is 5.82. The van der Waals surface area contributed by atoms with Crippen LogP contribution in [0.4, 0.5) is 35.1 Å². The second-order valence-corrected chi connectivity index (χ2v) is 8.91. The Morgan fingerprint density at radius 2 is 1.71 bits per heavy atom. The van der Waals surface area contributed by atoms with E-state index >= 15 is 0 Å². The summed E-state index contributed by atoms with van der Waals surface area (Å²) in [5.74, 6) is -3.59. The fourth-order valence-corrected chi connectivity index (χ4v) is 4.26. The third-order valence-electron chi connectivity index (χ3n) is 6.27. The highest BCUT2D eigenvalue weighted by Gasteiger charge is 2.39. The summed E-state index contributed by atoms with van der Waals surface area (Å²) in [6.45, 7) is -0.117. The molecule has 4 aromatic rings. The monoisotopic (exact) mass is 596 g/mol. The molecule has 0 spiro atoms. The van der Waals surface area contributed by atoms with Gasteiger partial charge in [0.15, 0.2) is 23.5 Å². The van der Waals surface area contributed by atoms with E-state index in [4.69, 9.17) is 4.74 Å². The van der Waals surface area contributed by atoms with Crippen LogP contribution >= 0.6 is 0 Å². The van der Waals surface area contributed by atoms with Gasteiger partial charge in [-0.1, -0.05) is 6.07 Å². The van der Waals surface area contributed by atoms with E-state index in [1.807, 2.05) is 0 Å². The molecule has 16 heteroatoms. The van der Waals surface area contributed by atoms with Gasteiger partial charge in [0.05, 0.1) is 42.3 Å². The predicted molar refractivity (Wildman–Crippen MR) is 129 cm³/mol. The number of ether oxygens (including phenoxy) is 1. The molecule has 1 unspecified atom stereocenters. The van der Waals surface area contributed by atoms with Crippen LogP contribution in [0.1, 0.15) is 34.1 Å². The first-order valence-electron chi connectivity index (χ1n) is 11.8. The molecule has 1 aliphatic rings. The van der Waals surface area contributed by atoms with Gasteiger partial charge in [-0.15, -0.1) is 0 Å². The van der Waals surface area contributed by atoms with Gasteiger partial charge < -0.3 is 9.72 Å². The van der Waals surface area contributed by atoms with Gasteiger partial charge in [0.1, 0.15) is 11.5 Å². The number of hydrazone groups is 1. The number of carbonyl (C=O) groups excluding carboxylic acids is 1. The normalized spacial score (nSPS) is 14.1. The lowest BCUT2D eigenvalue weighted by molar-refractivity contribution is -0.148. The lowest BCUT2D eigenvalue weighted by Gasteiger charge is -2.28. The van der Waals surface area contributed by atoms with Crippen molar-refractivity contribution in [2.24, 2.45) is 5.10 Å². The number of esters is 1. The first-order chi connectivity index (χ1) is 19.8. The van der Waals surface area contributed by atoms with Crippen molar-refractivity contribution in [3.8, 4) is 22.8 Å². The summed E-state index contributed by atoms with van der Waals surface area (Å²) < 4.78 is 113. The molecule has 0 radical (unpaired) electrons. The number of aromatic amines is 1. The number of hydrogen-bond acceptors (Lipinski definition) is 7.